The van der Waals surface area contributed by atoms with Crippen LogP contribution in [0.25, 0.3) is 52.5 Å². The van der Waals surface area contributed by atoms with Crippen molar-refractivity contribution in [3.8, 4) is 0 Å². The number of rotatable bonds is 2. The minimum Gasteiger partial charge on any atom is -0.356 e. The van der Waals surface area contributed by atoms with Gasteiger partial charge < -0.3 is 39.2 Å². The predicted molar refractivity (Wildman–Crippen MR) is 358 cm³/mol. The average Bonchev–Trinajstić information content (AvgIpc) is 2.72. The maximum atomic E-state index is 2.53. The van der Waals surface area contributed by atoms with E-state index in [1.807, 2.05) is 22.7 Å². The minimum absolute atomic E-state index is 0.387. The molecule has 4 unspecified atom stereocenters. The smallest absolute Gasteiger partial charge is 0.111 e. The van der Waals surface area contributed by atoms with Crippen LogP contribution in [0.1, 0.15) is 36.3 Å². The van der Waals surface area contributed by atoms with Crippen molar-refractivity contribution in [3.63, 3.8) is 0 Å². The Morgan fingerprint density at radius 3 is 1.70 bits per heavy atom. The Morgan fingerprint density at radius 1 is 0.434 bits per heavy atom. The molecule has 0 N–H and O–H groups in total. The highest BCUT2D eigenvalue weighted by Gasteiger charge is 2.44. The lowest BCUT2D eigenvalue weighted by Crippen LogP contribution is -2.37. The van der Waals surface area contributed by atoms with E-state index in [0.717, 1.165) is 25.7 Å². The first-order valence-electron chi connectivity index (χ1n) is 29.1. The summed E-state index contributed by atoms with van der Waals surface area (Å²) >= 11 is 5.65. The zero-order valence-corrected chi connectivity index (χ0v) is 50.0. The van der Waals surface area contributed by atoms with Crippen molar-refractivity contribution in [1.82, 2.24) is 4.90 Å². The van der Waals surface area contributed by atoms with Crippen LogP contribution in [0.4, 0.5) is 56.2 Å². The Bertz CT molecular complexity index is 4570. The molecule has 410 valence electrons. The SMILES string of the molecule is CC1=CN2c3cc4cc5ccccc5cc4cc3CC2N1C.CCC1N(C)c2ccccc2N1c1ccc2cscc2c1.CN1c2ccccc2N2c3c(sc4ccccc34)CC12.CN1c2ccccc2N2c3sc4ccccc4c3CC12. The van der Waals surface area contributed by atoms with E-state index in [4.69, 9.17) is 0 Å². The van der Waals surface area contributed by atoms with Crippen LogP contribution in [0, 0.1) is 0 Å². The Balaban J connectivity index is 0.0000000908. The van der Waals surface area contributed by atoms with E-state index >= 15 is 0 Å². The van der Waals surface area contributed by atoms with Crippen LogP contribution in [-0.4, -0.2) is 57.8 Å². The number of hydrogen-bond donors (Lipinski definition) is 0. The molecule has 10 heterocycles. The maximum Gasteiger partial charge on any atom is 0.111 e. The van der Waals surface area contributed by atoms with E-state index < -0.39 is 0 Å². The van der Waals surface area contributed by atoms with Crippen LogP contribution in [0.5, 0.6) is 0 Å². The van der Waals surface area contributed by atoms with Crippen molar-refractivity contribution in [2.24, 2.45) is 0 Å². The number of allylic oxidation sites excluding steroid dienone is 1. The lowest BCUT2D eigenvalue weighted by atomic mass is 10.00. The molecule has 0 amide bonds. The fourth-order valence-electron chi connectivity index (χ4n) is 14.4. The molecule has 3 aromatic heterocycles. The zero-order chi connectivity index (χ0) is 55.8. The van der Waals surface area contributed by atoms with Gasteiger partial charge in [0.2, 0.25) is 0 Å². The third-order valence-corrected chi connectivity index (χ3v) is 21.8. The molecule has 9 aromatic carbocycles. The molecule has 11 heteroatoms. The van der Waals surface area contributed by atoms with Gasteiger partial charge in [0.15, 0.2) is 0 Å². The second-order valence-corrected chi connectivity index (χ2v) is 26.0. The summed E-state index contributed by atoms with van der Waals surface area (Å²) in [5.74, 6) is 0. The first-order valence-corrected chi connectivity index (χ1v) is 31.7. The summed E-state index contributed by atoms with van der Waals surface area (Å²) in [4.78, 5) is 21.1. The molecule has 19 rings (SSSR count). The molecule has 4 atom stereocenters. The van der Waals surface area contributed by atoms with Crippen LogP contribution >= 0.6 is 34.0 Å². The van der Waals surface area contributed by atoms with Gasteiger partial charge in [0.25, 0.3) is 0 Å². The Morgan fingerprint density at radius 2 is 1.00 bits per heavy atom. The van der Waals surface area contributed by atoms with Gasteiger partial charge in [-0.15, -0.1) is 22.7 Å². The summed E-state index contributed by atoms with van der Waals surface area (Å²) in [5.41, 5.74) is 16.4. The summed E-state index contributed by atoms with van der Waals surface area (Å²) in [6.45, 7) is 4.44. The molecular weight excluding hydrogens is 1070 g/mol. The third kappa shape index (κ3) is 7.88. The normalized spacial score (nSPS) is 19.0. The highest BCUT2D eigenvalue weighted by Crippen LogP contribution is 2.56. The Labute approximate surface area is 497 Å². The van der Waals surface area contributed by atoms with E-state index in [1.165, 1.54) is 130 Å². The summed E-state index contributed by atoms with van der Waals surface area (Å²) in [7, 11) is 8.80. The van der Waals surface area contributed by atoms with E-state index in [9.17, 15) is 0 Å². The molecular formula is C72H64N8S3. The van der Waals surface area contributed by atoms with Crippen molar-refractivity contribution in [1.29, 1.82) is 0 Å². The molecule has 83 heavy (non-hydrogen) atoms. The van der Waals surface area contributed by atoms with Crippen LogP contribution in [0.2, 0.25) is 0 Å². The number of nitrogens with zero attached hydrogens (tertiary/aromatic N) is 8. The quantitative estimate of drug-likeness (QED) is 0.158. The highest BCUT2D eigenvalue weighted by atomic mass is 32.1. The predicted octanol–water partition coefficient (Wildman–Crippen LogP) is 18.5. The summed E-state index contributed by atoms with van der Waals surface area (Å²) in [5, 5.41) is 16.7. The summed E-state index contributed by atoms with van der Waals surface area (Å²) < 4.78 is 2.81. The van der Waals surface area contributed by atoms with Crippen LogP contribution < -0.4 is 34.3 Å². The summed E-state index contributed by atoms with van der Waals surface area (Å²) in [6.07, 6.45) is 8.47. The fourth-order valence-corrected chi connectivity index (χ4v) is 17.7. The van der Waals surface area contributed by atoms with Gasteiger partial charge in [-0.25, -0.2) is 0 Å². The van der Waals surface area contributed by atoms with Crippen molar-refractivity contribution >= 4 is 143 Å². The molecule has 0 bridgehead atoms. The molecule has 8 nitrogen and oxygen atoms in total. The van der Waals surface area contributed by atoms with Gasteiger partial charge in [-0.3, -0.25) is 0 Å². The number of hydrogen-bond acceptors (Lipinski definition) is 11. The first-order chi connectivity index (χ1) is 40.7. The Kier molecular flexibility index (Phi) is 11.9. The van der Waals surface area contributed by atoms with Gasteiger partial charge in [-0.1, -0.05) is 110 Å². The highest BCUT2D eigenvalue weighted by molar-refractivity contribution is 7.23. The number of likely N-dealkylation sites (N-methyl/N-ethyl adjacent to an activating group) is 3. The van der Waals surface area contributed by atoms with E-state index in [1.54, 1.807) is 11.3 Å². The Hall–Kier alpha value is -8.48. The van der Waals surface area contributed by atoms with Gasteiger partial charge in [0, 0.05) is 90.4 Å². The third-order valence-electron chi connectivity index (χ3n) is 18.7. The maximum absolute atomic E-state index is 2.53. The zero-order valence-electron chi connectivity index (χ0n) is 47.6. The lowest BCUT2D eigenvalue weighted by Gasteiger charge is -2.30. The number of anilines is 10. The first kappa shape index (κ1) is 50.3. The van der Waals surface area contributed by atoms with Crippen molar-refractivity contribution in [3.05, 3.63) is 227 Å². The lowest BCUT2D eigenvalue weighted by molar-refractivity contribution is 0.344. The topological polar surface area (TPSA) is 25.9 Å². The molecule has 0 saturated carbocycles. The molecule has 0 aliphatic carbocycles. The molecule has 0 fully saturated rings. The van der Waals surface area contributed by atoms with Crippen molar-refractivity contribution < 1.29 is 0 Å². The number of para-hydroxylation sites is 6. The van der Waals surface area contributed by atoms with Crippen LogP contribution in [0.15, 0.2) is 211 Å². The molecule has 7 aliphatic rings. The van der Waals surface area contributed by atoms with Crippen LogP contribution in [0.3, 0.4) is 0 Å². The number of fused-ring (bicyclic) bond motifs is 21. The van der Waals surface area contributed by atoms with E-state index in [2.05, 4.69) is 286 Å². The second-order valence-electron chi connectivity index (χ2n) is 23.1. The number of thiophene rings is 3. The van der Waals surface area contributed by atoms with E-state index in [-0.39, 0.29) is 0 Å². The van der Waals surface area contributed by atoms with Crippen LogP contribution in [-0.2, 0) is 19.3 Å². The molecule has 0 spiro atoms. The van der Waals surface area contributed by atoms with Crippen molar-refractivity contribution in [2.45, 2.75) is 64.2 Å². The monoisotopic (exact) mass is 1140 g/mol. The van der Waals surface area contributed by atoms with Gasteiger partial charge in [0.1, 0.15) is 29.7 Å². The minimum atomic E-state index is 0.387. The molecule has 12 aromatic rings. The van der Waals surface area contributed by atoms with Crippen molar-refractivity contribution in [2.75, 3.05) is 62.5 Å². The molecule has 7 aliphatic heterocycles. The van der Waals surface area contributed by atoms with E-state index in [0.29, 0.717) is 24.7 Å². The number of benzene rings is 9. The molecule has 0 radical (unpaired) electrons. The van der Waals surface area contributed by atoms with Gasteiger partial charge >= 0.3 is 0 Å². The second kappa shape index (κ2) is 19.6. The van der Waals surface area contributed by atoms with Gasteiger partial charge in [-0.05, 0) is 158 Å². The average molecular weight is 1140 g/mol. The fraction of sp³-hybridized carbons (Fsp3) is 0.194. The summed E-state index contributed by atoms with van der Waals surface area (Å²) in [6, 6.07) is 68.5. The standard InChI is InChI=1S/C20H18N2.C18H18N2S.2C17H14N2S/c1-13-12-22-19-10-17-8-15-6-4-3-5-14(15)7-16(17)9-18(19)11-20(22)21(13)2;1-3-18-19(2)16-6-4-5-7-17(16)20(18)15-9-8-13-11-21-12-14(13)10-15;1-18-13-7-3-4-8-14(13)19-16(18)10-12-11-6-2-5-9-15(11)20-17(12)19;1-18-12-7-3-4-8-13(12)19-16(18)10-15-17(19)11-6-2-5-9-14(11)20-15/h3-10,12,20H,11H2,1-2H3;4-12,18H,3H2,1-2H3;2*2-9,16H,10H2,1H3. The van der Waals surface area contributed by atoms with Gasteiger partial charge in [-0.2, -0.15) is 11.3 Å². The van der Waals surface area contributed by atoms with Gasteiger partial charge in [0.05, 0.1) is 39.8 Å². The largest absolute Gasteiger partial charge is 0.356 e. The molecule has 0 saturated heterocycles.